The molecule has 0 spiro atoms. The van der Waals surface area contributed by atoms with E-state index in [0.717, 1.165) is 42.9 Å². The SMILES string of the molecule is COc1ccc(/C=C2\Oc3c(ccc4c3CN(C[C@H]3CCCO3)CO4)C2=O)cc1OC. The summed E-state index contributed by atoms with van der Waals surface area (Å²) >= 11 is 0. The molecule has 7 heteroatoms. The van der Waals surface area contributed by atoms with E-state index in [0.29, 0.717) is 36.1 Å². The second-order valence-corrected chi connectivity index (χ2v) is 7.89. The molecule has 0 radical (unpaired) electrons. The fourth-order valence-electron chi connectivity index (χ4n) is 4.29. The van der Waals surface area contributed by atoms with E-state index in [9.17, 15) is 4.79 Å². The number of methoxy groups -OCH3 is 2. The van der Waals surface area contributed by atoms with Crippen molar-refractivity contribution in [2.24, 2.45) is 0 Å². The topological polar surface area (TPSA) is 66.5 Å². The molecule has 1 saturated heterocycles. The van der Waals surface area contributed by atoms with Crippen LogP contribution in [0.2, 0.25) is 0 Å². The first-order chi connectivity index (χ1) is 15.2. The second-order valence-electron chi connectivity index (χ2n) is 7.89. The summed E-state index contributed by atoms with van der Waals surface area (Å²) in [7, 11) is 3.17. The fraction of sp³-hybridized carbons (Fsp3) is 0.375. The molecular formula is C24H25NO6. The van der Waals surface area contributed by atoms with Crippen LogP contribution >= 0.6 is 0 Å². The Kier molecular flexibility index (Phi) is 5.29. The number of hydrogen-bond donors (Lipinski definition) is 0. The van der Waals surface area contributed by atoms with Gasteiger partial charge in [0.25, 0.3) is 0 Å². The lowest BCUT2D eigenvalue weighted by molar-refractivity contribution is 0.0274. The van der Waals surface area contributed by atoms with Crippen LogP contribution in [0.4, 0.5) is 0 Å². The van der Waals surface area contributed by atoms with Gasteiger partial charge in [0, 0.05) is 19.7 Å². The predicted octanol–water partition coefficient (Wildman–Crippen LogP) is 3.65. The molecule has 1 fully saturated rings. The van der Waals surface area contributed by atoms with Gasteiger partial charge in [-0.1, -0.05) is 6.07 Å². The normalized spacial score (nSPS) is 21.4. The van der Waals surface area contributed by atoms with Gasteiger partial charge in [0.1, 0.15) is 18.2 Å². The first-order valence-electron chi connectivity index (χ1n) is 10.4. The van der Waals surface area contributed by atoms with Crippen LogP contribution in [0.1, 0.15) is 34.3 Å². The number of rotatable bonds is 5. The zero-order valence-electron chi connectivity index (χ0n) is 17.7. The van der Waals surface area contributed by atoms with Gasteiger partial charge in [0.2, 0.25) is 5.78 Å². The monoisotopic (exact) mass is 423 g/mol. The summed E-state index contributed by atoms with van der Waals surface area (Å²) in [6.45, 7) is 2.81. The van der Waals surface area contributed by atoms with Gasteiger partial charge in [-0.25, -0.2) is 0 Å². The van der Waals surface area contributed by atoms with Crippen LogP contribution < -0.4 is 18.9 Å². The van der Waals surface area contributed by atoms with E-state index in [1.807, 2.05) is 18.2 Å². The smallest absolute Gasteiger partial charge is 0.231 e. The van der Waals surface area contributed by atoms with Crippen molar-refractivity contribution in [1.82, 2.24) is 4.90 Å². The lowest BCUT2D eigenvalue weighted by Gasteiger charge is -2.31. The molecule has 7 nitrogen and oxygen atoms in total. The molecule has 0 saturated carbocycles. The number of allylic oxidation sites excluding steroid dienone is 1. The predicted molar refractivity (Wildman–Crippen MR) is 114 cm³/mol. The molecule has 0 aromatic heterocycles. The average Bonchev–Trinajstić information content (AvgIpc) is 3.42. The van der Waals surface area contributed by atoms with Crippen LogP contribution in [0, 0.1) is 0 Å². The first-order valence-corrected chi connectivity index (χ1v) is 10.4. The van der Waals surface area contributed by atoms with Crippen molar-refractivity contribution >= 4 is 11.9 Å². The lowest BCUT2D eigenvalue weighted by atomic mass is 10.0. The summed E-state index contributed by atoms with van der Waals surface area (Å²) < 4.78 is 28.4. The third-order valence-corrected chi connectivity index (χ3v) is 5.87. The van der Waals surface area contributed by atoms with Crippen LogP contribution in [0.5, 0.6) is 23.0 Å². The molecule has 0 aliphatic carbocycles. The number of carbonyl (C=O) groups is 1. The zero-order valence-corrected chi connectivity index (χ0v) is 17.7. The highest BCUT2D eigenvalue weighted by Crippen LogP contribution is 2.42. The van der Waals surface area contributed by atoms with Gasteiger partial charge in [-0.3, -0.25) is 9.69 Å². The van der Waals surface area contributed by atoms with Crippen LogP contribution in [-0.4, -0.2) is 50.9 Å². The Morgan fingerprint density at radius 1 is 1.16 bits per heavy atom. The van der Waals surface area contributed by atoms with E-state index < -0.39 is 0 Å². The van der Waals surface area contributed by atoms with E-state index in [-0.39, 0.29) is 17.6 Å². The van der Waals surface area contributed by atoms with E-state index in [4.69, 9.17) is 23.7 Å². The minimum Gasteiger partial charge on any atom is -0.493 e. The fourth-order valence-corrected chi connectivity index (χ4v) is 4.29. The average molecular weight is 423 g/mol. The second kappa shape index (κ2) is 8.24. The molecule has 31 heavy (non-hydrogen) atoms. The van der Waals surface area contributed by atoms with Gasteiger partial charge in [-0.15, -0.1) is 0 Å². The molecule has 3 aliphatic heterocycles. The molecule has 0 N–H and O–H groups in total. The maximum absolute atomic E-state index is 13.0. The van der Waals surface area contributed by atoms with E-state index in [2.05, 4.69) is 4.90 Å². The summed E-state index contributed by atoms with van der Waals surface area (Å²) in [5.41, 5.74) is 2.26. The maximum atomic E-state index is 13.0. The Morgan fingerprint density at radius 2 is 2.03 bits per heavy atom. The maximum Gasteiger partial charge on any atom is 0.231 e. The summed E-state index contributed by atoms with van der Waals surface area (Å²) in [4.78, 5) is 15.2. The van der Waals surface area contributed by atoms with Gasteiger partial charge in [-0.05, 0) is 48.7 Å². The number of hydrogen-bond acceptors (Lipinski definition) is 7. The van der Waals surface area contributed by atoms with Crippen molar-refractivity contribution in [3.05, 3.63) is 52.8 Å². The van der Waals surface area contributed by atoms with E-state index in [1.54, 1.807) is 32.4 Å². The van der Waals surface area contributed by atoms with Gasteiger partial charge >= 0.3 is 0 Å². The van der Waals surface area contributed by atoms with Crippen molar-refractivity contribution in [2.45, 2.75) is 25.5 Å². The molecule has 0 unspecified atom stereocenters. The van der Waals surface area contributed by atoms with E-state index >= 15 is 0 Å². The largest absolute Gasteiger partial charge is 0.493 e. The van der Waals surface area contributed by atoms with Crippen LogP contribution in [-0.2, 0) is 11.3 Å². The first kappa shape index (κ1) is 19.9. The Bertz CT molecular complexity index is 1040. The van der Waals surface area contributed by atoms with Gasteiger partial charge in [-0.2, -0.15) is 0 Å². The van der Waals surface area contributed by atoms with Crippen molar-refractivity contribution in [3.8, 4) is 23.0 Å². The lowest BCUT2D eigenvalue weighted by Crippen LogP contribution is -2.37. The number of carbonyl (C=O) groups excluding carboxylic acids is 1. The highest BCUT2D eigenvalue weighted by molar-refractivity contribution is 6.15. The third kappa shape index (κ3) is 3.75. The Labute approximate surface area is 181 Å². The summed E-state index contributed by atoms with van der Waals surface area (Å²) in [5.74, 6) is 2.73. The van der Waals surface area contributed by atoms with Crippen molar-refractivity contribution in [2.75, 3.05) is 34.1 Å². The molecule has 0 amide bonds. The minimum atomic E-state index is -0.135. The Balaban J connectivity index is 1.40. The molecule has 0 bridgehead atoms. The summed E-state index contributed by atoms with van der Waals surface area (Å²) in [6.07, 6.45) is 4.14. The van der Waals surface area contributed by atoms with Crippen LogP contribution in [0.15, 0.2) is 36.1 Å². The van der Waals surface area contributed by atoms with Crippen LogP contribution in [0.3, 0.4) is 0 Å². The molecule has 5 rings (SSSR count). The molecule has 2 aromatic carbocycles. The summed E-state index contributed by atoms with van der Waals surface area (Å²) in [5, 5.41) is 0. The highest BCUT2D eigenvalue weighted by Gasteiger charge is 2.34. The van der Waals surface area contributed by atoms with Gasteiger partial charge in [0.15, 0.2) is 17.3 Å². The van der Waals surface area contributed by atoms with Crippen molar-refractivity contribution in [1.29, 1.82) is 0 Å². The number of fused-ring (bicyclic) bond motifs is 3. The van der Waals surface area contributed by atoms with Crippen molar-refractivity contribution < 1.29 is 28.5 Å². The molecular weight excluding hydrogens is 398 g/mol. The van der Waals surface area contributed by atoms with Gasteiger partial charge in [0.05, 0.1) is 31.5 Å². The van der Waals surface area contributed by atoms with Crippen LogP contribution in [0.25, 0.3) is 6.08 Å². The highest BCUT2D eigenvalue weighted by atomic mass is 16.5. The Morgan fingerprint density at radius 3 is 2.81 bits per heavy atom. The number of nitrogens with zero attached hydrogens (tertiary/aromatic N) is 1. The number of ketones is 1. The molecule has 2 aromatic rings. The van der Waals surface area contributed by atoms with E-state index in [1.165, 1.54) is 0 Å². The molecule has 3 heterocycles. The standard InChI is InChI=1S/C24H25NO6/c1-27-20-7-5-15(10-21(20)28-2)11-22-23(26)17-6-8-19-18(24(17)31-22)13-25(14-30-19)12-16-4-3-9-29-16/h5-8,10-11,16H,3-4,9,12-14H2,1-2H3/b22-11-/t16-/m1/s1. The third-order valence-electron chi connectivity index (χ3n) is 5.87. The number of Topliss-reactive ketones (excluding diaryl/α,β-unsaturated/α-hetero) is 1. The number of ether oxygens (including phenoxy) is 5. The van der Waals surface area contributed by atoms with Crippen molar-refractivity contribution in [3.63, 3.8) is 0 Å². The summed E-state index contributed by atoms with van der Waals surface area (Å²) in [6, 6.07) is 9.11. The molecule has 162 valence electrons. The molecule has 1 atom stereocenters. The number of benzene rings is 2. The Hall–Kier alpha value is -3.03. The quantitative estimate of drug-likeness (QED) is 0.680. The zero-order chi connectivity index (χ0) is 21.4. The molecule has 3 aliphatic rings. The minimum absolute atomic E-state index is 0.135. The van der Waals surface area contributed by atoms with Gasteiger partial charge < -0.3 is 23.7 Å².